The summed E-state index contributed by atoms with van der Waals surface area (Å²) in [6.45, 7) is 6.62. The van der Waals surface area contributed by atoms with Crippen molar-refractivity contribution in [3.05, 3.63) is 0 Å². The first kappa shape index (κ1) is 8.55. The molecule has 2 heteroatoms. The maximum Gasteiger partial charge on any atom is 0.0672 e. The van der Waals surface area contributed by atoms with Crippen LogP contribution < -0.4 is 0 Å². The molecule has 1 rings (SSSR count). The van der Waals surface area contributed by atoms with Gasteiger partial charge in [-0.3, -0.25) is 4.90 Å². The summed E-state index contributed by atoms with van der Waals surface area (Å²) in [6, 6.07) is 2.85. The van der Waals surface area contributed by atoms with E-state index < -0.39 is 0 Å². The van der Waals surface area contributed by atoms with Crippen molar-refractivity contribution in [1.82, 2.24) is 4.90 Å². The summed E-state index contributed by atoms with van der Waals surface area (Å²) in [5.41, 5.74) is 0. The number of nitrogens with zero attached hydrogens (tertiary/aromatic N) is 2. The van der Waals surface area contributed by atoms with Crippen molar-refractivity contribution < 1.29 is 0 Å². The molecule has 0 N–H and O–H groups in total. The van der Waals surface area contributed by atoms with E-state index in [4.69, 9.17) is 5.26 Å². The summed E-state index contributed by atoms with van der Waals surface area (Å²) in [6.07, 6.45) is 2.26. The molecule has 0 aromatic heterocycles. The molecular weight excluding hydrogens is 136 g/mol. The lowest BCUT2D eigenvalue weighted by Gasteiger charge is -2.20. The van der Waals surface area contributed by atoms with Crippen LogP contribution in [0.25, 0.3) is 0 Å². The number of hydrogen-bond acceptors (Lipinski definition) is 2. The second-order valence-corrected chi connectivity index (χ2v) is 3.30. The van der Waals surface area contributed by atoms with E-state index in [2.05, 4.69) is 24.8 Å². The molecule has 0 radical (unpaired) electrons. The van der Waals surface area contributed by atoms with Crippen LogP contribution >= 0.6 is 0 Å². The minimum Gasteiger partial charge on any atom is -0.299 e. The Balaban J connectivity index is 2.43. The molecule has 0 amide bonds. The number of likely N-dealkylation sites (tertiary alicyclic amines) is 1. The zero-order valence-corrected chi connectivity index (χ0v) is 7.38. The topological polar surface area (TPSA) is 27.0 Å². The first-order valence-corrected chi connectivity index (χ1v) is 4.43. The molecule has 0 aromatic rings. The number of rotatable bonds is 2. The van der Waals surface area contributed by atoms with Crippen LogP contribution in [-0.2, 0) is 0 Å². The Morgan fingerprint density at radius 1 is 1.64 bits per heavy atom. The fourth-order valence-corrected chi connectivity index (χ4v) is 1.78. The van der Waals surface area contributed by atoms with Crippen LogP contribution in [0.4, 0.5) is 0 Å². The number of nitriles is 1. The van der Waals surface area contributed by atoms with Gasteiger partial charge in [-0.05, 0) is 32.9 Å². The summed E-state index contributed by atoms with van der Waals surface area (Å²) in [5.74, 6) is 0.279. The van der Waals surface area contributed by atoms with Crippen LogP contribution in [0.2, 0.25) is 0 Å². The van der Waals surface area contributed by atoms with Crippen LogP contribution in [0.1, 0.15) is 26.7 Å². The van der Waals surface area contributed by atoms with Gasteiger partial charge in [0, 0.05) is 6.04 Å². The maximum atomic E-state index is 8.75. The van der Waals surface area contributed by atoms with Crippen molar-refractivity contribution in [2.45, 2.75) is 32.7 Å². The Bertz CT molecular complexity index is 159. The molecule has 0 saturated carbocycles. The third-order valence-electron chi connectivity index (χ3n) is 2.56. The average Bonchev–Trinajstić information content (AvgIpc) is 2.34. The van der Waals surface area contributed by atoms with Crippen molar-refractivity contribution in [2.24, 2.45) is 5.92 Å². The lowest BCUT2D eigenvalue weighted by atomic mass is 10.0. The van der Waals surface area contributed by atoms with E-state index in [-0.39, 0.29) is 5.92 Å². The van der Waals surface area contributed by atoms with E-state index in [1.54, 1.807) is 0 Å². The van der Waals surface area contributed by atoms with Gasteiger partial charge in [0.05, 0.1) is 12.0 Å². The zero-order chi connectivity index (χ0) is 8.27. The van der Waals surface area contributed by atoms with Crippen molar-refractivity contribution in [3.8, 4) is 6.07 Å². The Hall–Kier alpha value is -0.550. The summed E-state index contributed by atoms with van der Waals surface area (Å²) in [4.78, 5) is 2.41. The molecule has 2 nitrogen and oxygen atoms in total. The van der Waals surface area contributed by atoms with Crippen LogP contribution in [-0.4, -0.2) is 24.0 Å². The molecule has 1 aliphatic rings. The van der Waals surface area contributed by atoms with Crippen LogP contribution in [0, 0.1) is 17.2 Å². The van der Waals surface area contributed by atoms with Gasteiger partial charge in [0.2, 0.25) is 0 Å². The van der Waals surface area contributed by atoms with Crippen LogP contribution in [0.15, 0.2) is 0 Å². The van der Waals surface area contributed by atoms with E-state index in [9.17, 15) is 0 Å². The molecular formula is C9H16N2. The average molecular weight is 152 g/mol. The molecule has 1 aliphatic heterocycles. The van der Waals surface area contributed by atoms with E-state index in [0.717, 1.165) is 19.5 Å². The van der Waals surface area contributed by atoms with Gasteiger partial charge in [0.1, 0.15) is 0 Å². The van der Waals surface area contributed by atoms with E-state index in [1.165, 1.54) is 6.42 Å². The second kappa shape index (κ2) is 3.73. The smallest absolute Gasteiger partial charge is 0.0672 e. The van der Waals surface area contributed by atoms with Crippen molar-refractivity contribution in [3.63, 3.8) is 0 Å². The molecule has 2 atom stereocenters. The van der Waals surface area contributed by atoms with Gasteiger partial charge in [-0.15, -0.1) is 0 Å². The van der Waals surface area contributed by atoms with E-state index >= 15 is 0 Å². The van der Waals surface area contributed by atoms with E-state index in [1.807, 2.05) is 0 Å². The van der Waals surface area contributed by atoms with Gasteiger partial charge in [0.15, 0.2) is 0 Å². The molecule has 0 aliphatic carbocycles. The SMILES string of the molecule is CCCN1CCC(C#N)C1C. The lowest BCUT2D eigenvalue weighted by molar-refractivity contribution is 0.256. The van der Waals surface area contributed by atoms with Gasteiger partial charge in [-0.2, -0.15) is 5.26 Å². The molecule has 2 unspecified atom stereocenters. The Labute approximate surface area is 68.8 Å². The molecule has 11 heavy (non-hydrogen) atoms. The minimum atomic E-state index is 0.279. The molecule has 0 bridgehead atoms. The third-order valence-corrected chi connectivity index (χ3v) is 2.56. The van der Waals surface area contributed by atoms with Crippen molar-refractivity contribution >= 4 is 0 Å². The molecule has 1 fully saturated rings. The van der Waals surface area contributed by atoms with Crippen LogP contribution in [0.5, 0.6) is 0 Å². The highest BCUT2D eigenvalue weighted by Crippen LogP contribution is 2.22. The fourth-order valence-electron chi connectivity index (χ4n) is 1.78. The lowest BCUT2D eigenvalue weighted by Crippen LogP contribution is -2.30. The molecule has 1 saturated heterocycles. The van der Waals surface area contributed by atoms with Crippen LogP contribution in [0.3, 0.4) is 0 Å². The van der Waals surface area contributed by atoms with Gasteiger partial charge < -0.3 is 0 Å². The minimum absolute atomic E-state index is 0.279. The first-order chi connectivity index (χ1) is 5.29. The predicted octanol–water partition coefficient (Wildman–Crippen LogP) is 1.63. The van der Waals surface area contributed by atoms with Gasteiger partial charge in [-0.25, -0.2) is 0 Å². The standard InChI is InChI=1S/C9H16N2/c1-3-5-11-6-4-9(7-10)8(11)2/h8-9H,3-6H2,1-2H3. The van der Waals surface area contributed by atoms with E-state index in [0.29, 0.717) is 6.04 Å². The van der Waals surface area contributed by atoms with Gasteiger partial charge in [0.25, 0.3) is 0 Å². The quantitative estimate of drug-likeness (QED) is 0.601. The first-order valence-electron chi connectivity index (χ1n) is 4.43. The Kier molecular flexibility index (Phi) is 2.90. The summed E-state index contributed by atoms with van der Waals surface area (Å²) in [7, 11) is 0. The maximum absolute atomic E-state index is 8.75. The highest BCUT2D eigenvalue weighted by molar-refractivity contribution is 4.96. The fraction of sp³-hybridized carbons (Fsp3) is 0.889. The normalized spacial score (nSPS) is 32.1. The monoisotopic (exact) mass is 152 g/mol. The number of hydrogen-bond donors (Lipinski definition) is 0. The second-order valence-electron chi connectivity index (χ2n) is 3.30. The van der Waals surface area contributed by atoms with Crippen molar-refractivity contribution in [1.29, 1.82) is 5.26 Å². The highest BCUT2D eigenvalue weighted by atomic mass is 15.2. The predicted molar refractivity (Wildman–Crippen MR) is 45.0 cm³/mol. The molecule has 0 aromatic carbocycles. The Morgan fingerprint density at radius 2 is 2.36 bits per heavy atom. The third kappa shape index (κ3) is 1.72. The van der Waals surface area contributed by atoms with Gasteiger partial charge in [-0.1, -0.05) is 6.92 Å². The Morgan fingerprint density at radius 3 is 2.82 bits per heavy atom. The molecule has 0 spiro atoms. The highest BCUT2D eigenvalue weighted by Gasteiger charge is 2.29. The molecule has 62 valence electrons. The largest absolute Gasteiger partial charge is 0.299 e. The molecule has 1 heterocycles. The summed E-state index contributed by atoms with van der Waals surface area (Å²) >= 11 is 0. The summed E-state index contributed by atoms with van der Waals surface area (Å²) < 4.78 is 0. The van der Waals surface area contributed by atoms with Gasteiger partial charge >= 0.3 is 0 Å². The zero-order valence-electron chi connectivity index (χ0n) is 7.38. The van der Waals surface area contributed by atoms with Crippen molar-refractivity contribution in [2.75, 3.05) is 13.1 Å². The summed E-state index contributed by atoms with van der Waals surface area (Å²) in [5, 5.41) is 8.75.